The lowest BCUT2D eigenvalue weighted by Crippen LogP contribution is -2.37. The Morgan fingerprint density at radius 1 is 0.958 bits per heavy atom. The lowest BCUT2D eigenvalue weighted by atomic mass is 10.1. The number of hydrogen-bond donors (Lipinski definition) is 1. The Hall–Kier alpha value is -2.76. The van der Waals surface area contributed by atoms with Crippen LogP contribution in [0.4, 0.5) is 0 Å². The maximum atomic E-state index is 12.5. The number of rotatable bonds is 3. The number of nitrogens with zero attached hydrogens (tertiary/aromatic N) is 3. The molecule has 2 aromatic rings. The molecule has 6 nitrogen and oxygen atoms in total. The fourth-order valence-electron chi connectivity index (χ4n) is 2.85. The van der Waals surface area contributed by atoms with Crippen molar-refractivity contribution in [3.05, 3.63) is 60.2 Å². The van der Waals surface area contributed by atoms with Gasteiger partial charge in [0.15, 0.2) is 0 Å². The van der Waals surface area contributed by atoms with Gasteiger partial charge in [-0.15, -0.1) is 0 Å². The molecule has 6 heteroatoms. The van der Waals surface area contributed by atoms with Gasteiger partial charge in [0.2, 0.25) is 0 Å². The van der Waals surface area contributed by atoms with Crippen LogP contribution in [-0.2, 0) is 0 Å². The van der Waals surface area contributed by atoms with E-state index in [0.717, 1.165) is 19.3 Å². The summed E-state index contributed by atoms with van der Waals surface area (Å²) in [5, 5.41) is 3.02. The van der Waals surface area contributed by atoms with E-state index in [1.807, 2.05) is 11.0 Å². The summed E-state index contributed by atoms with van der Waals surface area (Å²) in [6, 6.07) is 10.7. The molecule has 24 heavy (non-hydrogen) atoms. The Morgan fingerprint density at radius 3 is 2.33 bits per heavy atom. The zero-order valence-corrected chi connectivity index (χ0v) is 13.4. The summed E-state index contributed by atoms with van der Waals surface area (Å²) in [6.45, 7) is 1.30. The van der Waals surface area contributed by atoms with E-state index in [1.165, 1.54) is 0 Å². The lowest BCUT2D eigenvalue weighted by molar-refractivity contribution is 0.0755. The Labute approximate surface area is 140 Å². The summed E-state index contributed by atoms with van der Waals surface area (Å²) >= 11 is 0. The standard InChI is InChI=1S/C18H20N4O2/c23-17(15-7-1-3-10-19-15)21-14-6-5-12-22(13-9-14)18(24)16-8-2-4-11-20-16/h1-4,7-8,10-11,14H,5-6,9,12-13H2,(H,21,23). The zero-order valence-electron chi connectivity index (χ0n) is 13.4. The van der Waals surface area contributed by atoms with E-state index < -0.39 is 0 Å². The summed E-state index contributed by atoms with van der Waals surface area (Å²) in [6.07, 6.45) is 5.67. The van der Waals surface area contributed by atoms with Crippen molar-refractivity contribution >= 4 is 11.8 Å². The van der Waals surface area contributed by atoms with Gasteiger partial charge in [-0.25, -0.2) is 0 Å². The third-order valence-electron chi connectivity index (χ3n) is 4.13. The maximum absolute atomic E-state index is 12.5. The summed E-state index contributed by atoms with van der Waals surface area (Å²) in [7, 11) is 0. The lowest BCUT2D eigenvalue weighted by Gasteiger charge is -2.20. The van der Waals surface area contributed by atoms with Gasteiger partial charge in [-0.1, -0.05) is 12.1 Å². The minimum absolute atomic E-state index is 0.0488. The highest BCUT2D eigenvalue weighted by Gasteiger charge is 2.23. The van der Waals surface area contributed by atoms with Crippen molar-refractivity contribution in [2.45, 2.75) is 25.3 Å². The molecule has 0 aromatic carbocycles. The van der Waals surface area contributed by atoms with Crippen molar-refractivity contribution in [1.82, 2.24) is 20.2 Å². The van der Waals surface area contributed by atoms with Crippen LogP contribution in [0.1, 0.15) is 40.2 Å². The van der Waals surface area contributed by atoms with Crippen LogP contribution in [0.15, 0.2) is 48.8 Å². The van der Waals surface area contributed by atoms with E-state index in [4.69, 9.17) is 0 Å². The summed E-state index contributed by atoms with van der Waals surface area (Å²) < 4.78 is 0. The van der Waals surface area contributed by atoms with Gasteiger partial charge in [0, 0.05) is 31.5 Å². The molecule has 2 aromatic heterocycles. The zero-order chi connectivity index (χ0) is 16.8. The average molecular weight is 324 g/mol. The topological polar surface area (TPSA) is 75.2 Å². The van der Waals surface area contributed by atoms with Crippen molar-refractivity contribution in [1.29, 1.82) is 0 Å². The first-order chi connectivity index (χ1) is 11.7. The van der Waals surface area contributed by atoms with E-state index in [0.29, 0.717) is 24.5 Å². The van der Waals surface area contributed by atoms with Gasteiger partial charge in [0.05, 0.1) is 0 Å². The first-order valence-electron chi connectivity index (χ1n) is 8.16. The third kappa shape index (κ3) is 3.95. The number of amides is 2. The van der Waals surface area contributed by atoms with Crippen LogP contribution in [0.25, 0.3) is 0 Å². The fraction of sp³-hybridized carbons (Fsp3) is 0.333. The molecule has 0 aliphatic carbocycles. The highest BCUT2D eigenvalue weighted by molar-refractivity contribution is 5.93. The predicted molar refractivity (Wildman–Crippen MR) is 89.5 cm³/mol. The molecule has 1 atom stereocenters. The van der Waals surface area contributed by atoms with Crippen LogP contribution >= 0.6 is 0 Å². The molecule has 1 aliphatic rings. The second kappa shape index (κ2) is 7.68. The minimum atomic E-state index is -0.162. The predicted octanol–water partition coefficient (Wildman–Crippen LogP) is 1.90. The van der Waals surface area contributed by atoms with Gasteiger partial charge < -0.3 is 10.2 Å². The minimum Gasteiger partial charge on any atom is -0.348 e. The summed E-state index contributed by atoms with van der Waals surface area (Å²) in [5.74, 6) is -0.211. The molecule has 0 radical (unpaired) electrons. The van der Waals surface area contributed by atoms with Crippen molar-refractivity contribution in [3.63, 3.8) is 0 Å². The number of carbonyl (C=O) groups excluding carboxylic acids is 2. The SMILES string of the molecule is O=C(NC1CCCN(C(=O)c2ccccn2)CC1)c1ccccn1. The summed E-state index contributed by atoms with van der Waals surface area (Å²) in [5.41, 5.74) is 0.886. The molecule has 1 saturated heterocycles. The Balaban J connectivity index is 1.57. The number of aromatic nitrogens is 2. The van der Waals surface area contributed by atoms with Crippen LogP contribution in [0.2, 0.25) is 0 Å². The highest BCUT2D eigenvalue weighted by atomic mass is 16.2. The van der Waals surface area contributed by atoms with Crippen LogP contribution < -0.4 is 5.32 Å². The molecule has 0 spiro atoms. The first-order valence-corrected chi connectivity index (χ1v) is 8.16. The molecule has 0 bridgehead atoms. The summed E-state index contributed by atoms with van der Waals surface area (Å²) in [4.78, 5) is 34.7. The van der Waals surface area contributed by atoms with Gasteiger partial charge in [-0.3, -0.25) is 19.6 Å². The number of pyridine rings is 2. The van der Waals surface area contributed by atoms with Gasteiger partial charge in [-0.05, 0) is 43.5 Å². The molecule has 3 rings (SSSR count). The molecule has 1 N–H and O–H groups in total. The van der Waals surface area contributed by atoms with E-state index in [1.54, 1.807) is 42.7 Å². The van der Waals surface area contributed by atoms with Crippen molar-refractivity contribution in [3.8, 4) is 0 Å². The molecule has 1 aliphatic heterocycles. The maximum Gasteiger partial charge on any atom is 0.272 e. The average Bonchev–Trinajstić information content (AvgIpc) is 2.88. The van der Waals surface area contributed by atoms with E-state index >= 15 is 0 Å². The van der Waals surface area contributed by atoms with Crippen LogP contribution in [0.3, 0.4) is 0 Å². The van der Waals surface area contributed by atoms with Gasteiger partial charge in [0.1, 0.15) is 11.4 Å². The number of hydrogen-bond acceptors (Lipinski definition) is 4. The van der Waals surface area contributed by atoms with Gasteiger partial charge >= 0.3 is 0 Å². The van der Waals surface area contributed by atoms with Crippen molar-refractivity contribution < 1.29 is 9.59 Å². The van der Waals surface area contributed by atoms with E-state index in [-0.39, 0.29) is 17.9 Å². The second-order valence-corrected chi connectivity index (χ2v) is 5.82. The Morgan fingerprint density at radius 2 is 1.67 bits per heavy atom. The number of nitrogens with one attached hydrogen (secondary N) is 1. The molecule has 3 heterocycles. The molecular formula is C18H20N4O2. The fourth-order valence-corrected chi connectivity index (χ4v) is 2.85. The Kier molecular flexibility index (Phi) is 5.15. The van der Waals surface area contributed by atoms with E-state index in [9.17, 15) is 9.59 Å². The van der Waals surface area contributed by atoms with Crippen LogP contribution in [0, 0.1) is 0 Å². The Bertz CT molecular complexity index is 691. The quantitative estimate of drug-likeness (QED) is 0.936. The van der Waals surface area contributed by atoms with Crippen molar-refractivity contribution in [2.75, 3.05) is 13.1 Å². The second-order valence-electron chi connectivity index (χ2n) is 5.82. The first kappa shape index (κ1) is 16.1. The smallest absolute Gasteiger partial charge is 0.272 e. The number of carbonyl (C=O) groups is 2. The molecule has 0 saturated carbocycles. The van der Waals surface area contributed by atoms with Crippen molar-refractivity contribution in [2.24, 2.45) is 0 Å². The molecular weight excluding hydrogens is 304 g/mol. The normalized spacial score (nSPS) is 17.8. The molecule has 2 amide bonds. The highest BCUT2D eigenvalue weighted by Crippen LogP contribution is 2.14. The largest absolute Gasteiger partial charge is 0.348 e. The third-order valence-corrected chi connectivity index (χ3v) is 4.13. The molecule has 1 unspecified atom stereocenters. The molecule has 1 fully saturated rings. The van der Waals surface area contributed by atoms with Gasteiger partial charge in [0.25, 0.3) is 11.8 Å². The van der Waals surface area contributed by atoms with E-state index in [2.05, 4.69) is 15.3 Å². The van der Waals surface area contributed by atoms with Crippen LogP contribution in [0.5, 0.6) is 0 Å². The van der Waals surface area contributed by atoms with Crippen LogP contribution in [-0.4, -0.2) is 45.8 Å². The number of likely N-dealkylation sites (tertiary alicyclic amines) is 1. The van der Waals surface area contributed by atoms with Gasteiger partial charge in [-0.2, -0.15) is 0 Å². The molecule has 124 valence electrons. The monoisotopic (exact) mass is 324 g/mol.